The Morgan fingerprint density at radius 3 is 2.29 bits per heavy atom. The average Bonchev–Trinajstić information content (AvgIpc) is 3.30. The fraction of sp³-hybridized carbons (Fsp3) is 0.462. The number of allylic oxidation sites excluding steroid dienone is 9. The standard InChI is InChI=1S/C24H32O4.C15H12O2/c1-14-12-18-19(22(4)9-6-17(27)13-21(14)22)7-10-23(5)20(18)8-11-24(23,15(2)25)28-16(3)26;1-2-13(11-6-4-3-5-7-11)14-10-12(16)8-9-15(14)17/h12-13,18-20H,6-11H2,1-5H3;2-10,13H,1H2. The molecule has 0 amide bonds. The highest BCUT2D eigenvalue weighted by Crippen LogP contribution is 2.67. The SMILES string of the molecule is C=CC(C1=CC(=O)C=CC1=O)c1ccccc1.CC(=O)OC1(C(C)=O)CCC2C3C=C(C)C4=CC(=O)CCC4(C)C3CCC21C. The first kappa shape index (κ1) is 32.5. The number of ketones is 4. The van der Waals surface area contributed by atoms with Gasteiger partial charge in [-0.3, -0.25) is 24.0 Å². The molecule has 6 nitrogen and oxygen atoms in total. The van der Waals surface area contributed by atoms with Crippen LogP contribution in [0.15, 0.2) is 90.1 Å². The molecule has 7 unspecified atom stereocenters. The molecule has 5 aliphatic carbocycles. The molecule has 2 fully saturated rings. The van der Waals surface area contributed by atoms with E-state index in [2.05, 4.69) is 33.4 Å². The van der Waals surface area contributed by atoms with Gasteiger partial charge in [0.1, 0.15) is 0 Å². The van der Waals surface area contributed by atoms with E-state index < -0.39 is 5.60 Å². The molecule has 7 atom stereocenters. The third-order valence-corrected chi connectivity index (χ3v) is 11.5. The fourth-order valence-electron chi connectivity index (χ4n) is 9.35. The number of ether oxygens (including phenoxy) is 1. The molecule has 1 aromatic rings. The van der Waals surface area contributed by atoms with Crippen molar-refractivity contribution in [3.8, 4) is 0 Å². The van der Waals surface area contributed by atoms with Crippen molar-refractivity contribution < 1.29 is 28.7 Å². The molecule has 0 aliphatic heterocycles. The zero-order chi connectivity index (χ0) is 32.7. The third-order valence-electron chi connectivity index (χ3n) is 11.5. The van der Waals surface area contributed by atoms with Crippen molar-refractivity contribution in [3.05, 3.63) is 95.6 Å². The van der Waals surface area contributed by atoms with E-state index in [0.29, 0.717) is 36.2 Å². The molecule has 0 saturated heterocycles. The first-order valence-electron chi connectivity index (χ1n) is 16.1. The Hall–Kier alpha value is -3.93. The fourth-order valence-corrected chi connectivity index (χ4v) is 9.35. The summed E-state index contributed by atoms with van der Waals surface area (Å²) in [5.41, 5.74) is 2.60. The average molecular weight is 609 g/mol. The molecule has 6 rings (SSSR count). The van der Waals surface area contributed by atoms with Gasteiger partial charge in [-0.2, -0.15) is 0 Å². The molecule has 2 saturated carbocycles. The molecule has 0 aromatic heterocycles. The highest BCUT2D eigenvalue weighted by atomic mass is 16.6. The van der Waals surface area contributed by atoms with E-state index in [1.54, 1.807) is 13.0 Å². The largest absolute Gasteiger partial charge is 0.451 e. The second-order valence-electron chi connectivity index (χ2n) is 13.9. The van der Waals surface area contributed by atoms with Crippen molar-refractivity contribution in [2.45, 2.75) is 84.7 Å². The van der Waals surface area contributed by atoms with Crippen molar-refractivity contribution in [2.75, 3.05) is 0 Å². The molecule has 0 heterocycles. The van der Waals surface area contributed by atoms with Gasteiger partial charge in [0.15, 0.2) is 28.7 Å². The van der Waals surface area contributed by atoms with E-state index in [1.807, 2.05) is 36.4 Å². The lowest BCUT2D eigenvalue weighted by atomic mass is 9.47. The number of hydrogen-bond donors (Lipinski definition) is 0. The van der Waals surface area contributed by atoms with Crippen LogP contribution < -0.4 is 0 Å². The van der Waals surface area contributed by atoms with Gasteiger partial charge in [0.2, 0.25) is 0 Å². The summed E-state index contributed by atoms with van der Waals surface area (Å²) >= 11 is 0. The van der Waals surface area contributed by atoms with E-state index in [9.17, 15) is 24.0 Å². The molecule has 0 spiro atoms. The molecule has 5 aliphatic rings. The van der Waals surface area contributed by atoms with Crippen LogP contribution in [0, 0.1) is 28.6 Å². The van der Waals surface area contributed by atoms with Crippen LogP contribution in [0.1, 0.15) is 84.6 Å². The Morgan fingerprint density at radius 2 is 1.64 bits per heavy atom. The third kappa shape index (κ3) is 5.47. The summed E-state index contributed by atoms with van der Waals surface area (Å²) in [5, 5.41) is 0. The normalized spacial score (nSPS) is 34.0. The van der Waals surface area contributed by atoms with Gasteiger partial charge < -0.3 is 4.74 Å². The minimum absolute atomic E-state index is 0.0160. The lowest BCUT2D eigenvalue weighted by Crippen LogP contribution is -2.58. The van der Waals surface area contributed by atoms with Gasteiger partial charge in [-0.15, -0.1) is 6.58 Å². The quantitative estimate of drug-likeness (QED) is 0.200. The maximum atomic E-state index is 12.8. The number of carbonyl (C=O) groups excluding carboxylic acids is 5. The van der Waals surface area contributed by atoms with Gasteiger partial charge in [-0.25, -0.2) is 0 Å². The zero-order valence-corrected chi connectivity index (χ0v) is 27.1. The number of rotatable bonds is 5. The van der Waals surface area contributed by atoms with Gasteiger partial charge in [0.05, 0.1) is 0 Å². The van der Waals surface area contributed by atoms with E-state index in [4.69, 9.17) is 4.74 Å². The predicted octanol–water partition coefficient (Wildman–Crippen LogP) is 7.17. The van der Waals surface area contributed by atoms with Crippen LogP contribution in [0.25, 0.3) is 0 Å². The number of benzene rings is 1. The maximum Gasteiger partial charge on any atom is 0.303 e. The van der Waals surface area contributed by atoms with Crippen LogP contribution in [0.2, 0.25) is 0 Å². The summed E-state index contributed by atoms with van der Waals surface area (Å²) in [7, 11) is 0. The van der Waals surface area contributed by atoms with Crippen molar-refractivity contribution in [3.63, 3.8) is 0 Å². The van der Waals surface area contributed by atoms with E-state index in [1.165, 1.54) is 36.3 Å². The lowest BCUT2D eigenvalue weighted by Gasteiger charge is -2.58. The molecule has 236 valence electrons. The predicted molar refractivity (Wildman–Crippen MR) is 173 cm³/mol. The Kier molecular flexibility index (Phi) is 8.74. The van der Waals surface area contributed by atoms with Crippen LogP contribution in [0.5, 0.6) is 0 Å². The maximum absolute atomic E-state index is 12.8. The Morgan fingerprint density at radius 1 is 0.956 bits per heavy atom. The van der Waals surface area contributed by atoms with E-state index in [-0.39, 0.29) is 45.9 Å². The second kappa shape index (κ2) is 12.1. The number of carbonyl (C=O) groups is 5. The molecular weight excluding hydrogens is 564 g/mol. The number of fused-ring (bicyclic) bond motifs is 5. The first-order chi connectivity index (χ1) is 21.3. The smallest absolute Gasteiger partial charge is 0.303 e. The van der Waals surface area contributed by atoms with Crippen LogP contribution in [-0.4, -0.2) is 34.7 Å². The molecule has 45 heavy (non-hydrogen) atoms. The highest BCUT2D eigenvalue weighted by molar-refractivity contribution is 6.18. The van der Waals surface area contributed by atoms with Gasteiger partial charge >= 0.3 is 5.97 Å². The number of hydrogen-bond acceptors (Lipinski definition) is 6. The van der Waals surface area contributed by atoms with Crippen molar-refractivity contribution >= 4 is 29.1 Å². The molecule has 6 heteroatoms. The van der Waals surface area contributed by atoms with Gasteiger partial charge in [-0.05, 0) is 105 Å². The summed E-state index contributed by atoms with van der Waals surface area (Å²) in [4.78, 5) is 59.8. The van der Waals surface area contributed by atoms with E-state index in [0.717, 1.165) is 31.2 Å². The van der Waals surface area contributed by atoms with Crippen molar-refractivity contribution in [1.29, 1.82) is 0 Å². The summed E-state index contributed by atoms with van der Waals surface area (Å²) in [6.07, 6.45) is 14.9. The van der Waals surface area contributed by atoms with E-state index >= 15 is 0 Å². The highest BCUT2D eigenvalue weighted by Gasteiger charge is 2.67. The Bertz CT molecular complexity index is 1570. The van der Waals surface area contributed by atoms with Gasteiger partial charge in [-0.1, -0.05) is 61.9 Å². The number of Topliss-reactive ketones (excluding diaryl/α,β-unsaturated/α-hetero) is 1. The lowest BCUT2D eigenvalue weighted by molar-refractivity contribution is -0.185. The topological polar surface area (TPSA) is 94.6 Å². The molecule has 0 radical (unpaired) electrons. The Balaban J connectivity index is 0.000000201. The van der Waals surface area contributed by atoms with Gasteiger partial charge in [0, 0.05) is 30.3 Å². The minimum atomic E-state index is -0.990. The molecule has 0 bridgehead atoms. The summed E-state index contributed by atoms with van der Waals surface area (Å²) in [6.45, 7) is 13.4. The summed E-state index contributed by atoms with van der Waals surface area (Å²) in [6, 6.07) is 9.55. The van der Waals surface area contributed by atoms with Crippen LogP contribution in [0.4, 0.5) is 0 Å². The summed E-state index contributed by atoms with van der Waals surface area (Å²) < 4.78 is 5.82. The van der Waals surface area contributed by atoms with Gasteiger partial charge in [0.25, 0.3) is 0 Å². The van der Waals surface area contributed by atoms with Crippen molar-refractivity contribution in [2.24, 2.45) is 28.6 Å². The zero-order valence-electron chi connectivity index (χ0n) is 27.1. The van der Waals surface area contributed by atoms with Crippen LogP contribution in [-0.2, 0) is 28.7 Å². The number of esters is 1. The molecule has 0 N–H and O–H groups in total. The van der Waals surface area contributed by atoms with Crippen LogP contribution in [0.3, 0.4) is 0 Å². The van der Waals surface area contributed by atoms with Crippen molar-refractivity contribution in [1.82, 2.24) is 0 Å². The molecular formula is C39H44O6. The second-order valence-corrected chi connectivity index (χ2v) is 13.9. The van der Waals surface area contributed by atoms with Crippen LogP contribution >= 0.6 is 0 Å². The first-order valence-corrected chi connectivity index (χ1v) is 16.1. The summed E-state index contributed by atoms with van der Waals surface area (Å²) in [5.74, 6) is 0.527. The Labute approximate surface area is 266 Å². The molecule has 1 aromatic carbocycles. The minimum Gasteiger partial charge on any atom is -0.451 e. The monoisotopic (exact) mass is 608 g/mol.